The lowest BCUT2D eigenvalue weighted by Crippen LogP contribution is -2.44. The Morgan fingerprint density at radius 3 is 2.42 bits per heavy atom. The third-order valence-electron chi connectivity index (χ3n) is 6.56. The molecule has 13 heteroatoms. The summed E-state index contributed by atoms with van der Waals surface area (Å²) in [5.41, 5.74) is 1.47. The fourth-order valence-electron chi connectivity index (χ4n) is 4.30. The zero-order valence-corrected chi connectivity index (χ0v) is 22.0. The van der Waals surface area contributed by atoms with Crippen molar-refractivity contribution >= 4 is 55.6 Å². The van der Waals surface area contributed by atoms with Gasteiger partial charge in [-0.1, -0.05) is 12.1 Å². The molecule has 0 spiro atoms. The Bertz CT molecular complexity index is 1590. The predicted octanol–water partition coefficient (Wildman–Crippen LogP) is 3.87. The highest BCUT2D eigenvalue weighted by atomic mass is 32.2. The average Bonchev–Trinajstić information content (AvgIpc) is 3.36. The zero-order valence-electron chi connectivity index (χ0n) is 21.2. The van der Waals surface area contributed by atoms with Gasteiger partial charge in [0.2, 0.25) is 16.0 Å². The normalized spacial score (nSPS) is 14.6. The van der Waals surface area contributed by atoms with Gasteiger partial charge in [0, 0.05) is 39.4 Å². The first-order valence-electron chi connectivity index (χ1n) is 12.0. The molecule has 1 fully saturated rings. The molecule has 2 aromatic carbocycles. The van der Waals surface area contributed by atoms with Crippen molar-refractivity contribution in [2.75, 3.05) is 66.4 Å². The van der Waals surface area contributed by atoms with E-state index in [0.717, 1.165) is 23.7 Å². The third kappa shape index (κ3) is 5.07. The molecule has 0 amide bonds. The molecule has 0 bridgehead atoms. The summed E-state index contributed by atoms with van der Waals surface area (Å²) in [7, 11) is -0.0654. The third-order valence-corrected chi connectivity index (χ3v) is 7.75. The smallest absolute Gasteiger partial charge is 0.232 e. The van der Waals surface area contributed by atoms with Gasteiger partial charge in [0.15, 0.2) is 11.6 Å². The zero-order chi connectivity index (χ0) is 27.0. The molecule has 0 unspecified atom stereocenters. The minimum Gasteiger partial charge on any atom is -0.367 e. The fraction of sp³-hybridized carbons (Fsp3) is 0.280. The topological polar surface area (TPSA) is 109 Å². The largest absolute Gasteiger partial charge is 0.367 e. The molecule has 38 heavy (non-hydrogen) atoms. The minimum atomic E-state index is -3.52. The number of halogens is 2. The van der Waals surface area contributed by atoms with Gasteiger partial charge in [0.25, 0.3) is 0 Å². The molecule has 0 atom stereocenters. The number of aromatic amines is 1. The molecule has 1 aliphatic heterocycles. The number of fused-ring (bicyclic) bond motifs is 1. The molecular formula is C25H28F2N8O2S. The van der Waals surface area contributed by atoms with Gasteiger partial charge < -0.3 is 25.4 Å². The molecular weight excluding hydrogens is 514 g/mol. The number of anilines is 6. The number of hydrogen-bond donors (Lipinski definition) is 3. The van der Waals surface area contributed by atoms with E-state index in [4.69, 9.17) is 0 Å². The van der Waals surface area contributed by atoms with E-state index in [0.29, 0.717) is 41.3 Å². The van der Waals surface area contributed by atoms with Crippen LogP contribution in [0.5, 0.6) is 0 Å². The Morgan fingerprint density at radius 1 is 0.947 bits per heavy atom. The van der Waals surface area contributed by atoms with Crippen molar-refractivity contribution in [3.63, 3.8) is 0 Å². The molecule has 4 aromatic rings. The summed E-state index contributed by atoms with van der Waals surface area (Å²) in [5.74, 6) is -1.58. The van der Waals surface area contributed by atoms with Crippen LogP contribution in [0.2, 0.25) is 0 Å². The second-order valence-corrected chi connectivity index (χ2v) is 11.2. The quantitative estimate of drug-likeness (QED) is 0.323. The van der Waals surface area contributed by atoms with Crippen LogP contribution in [0.4, 0.5) is 43.3 Å². The first kappa shape index (κ1) is 25.7. The summed E-state index contributed by atoms with van der Waals surface area (Å²) >= 11 is 0. The van der Waals surface area contributed by atoms with Crippen LogP contribution >= 0.6 is 0 Å². The highest BCUT2D eigenvalue weighted by molar-refractivity contribution is 7.92. The van der Waals surface area contributed by atoms with E-state index in [-0.39, 0.29) is 17.3 Å². The molecule has 0 aliphatic carbocycles. The minimum absolute atomic E-state index is 0.0297. The Balaban J connectivity index is 1.46. The molecule has 10 nitrogen and oxygen atoms in total. The van der Waals surface area contributed by atoms with E-state index in [9.17, 15) is 8.42 Å². The fourth-order valence-corrected chi connectivity index (χ4v) is 4.82. The number of hydrogen-bond acceptors (Lipinski definition) is 8. The number of nitrogens with one attached hydrogen (secondary N) is 3. The van der Waals surface area contributed by atoms with Crippen molar-refractivity contribution in [1.29, 1.82) is 0 Å². The predicted molar refractivity (Wildman–Crippen MR) is 146 cm³/mol. The molecule has 200 valence electrons. The summed E-state index contributed by atoms with van der Waals surface area (Å²) in [6.07, 6.45) is 2.79. The van der Waals surface area contributed by atoms with E-state index in [2.05, 4.69) is 30.5 Å². The lowest BCUT2D eigenvalue weighted by atomic mass is 10.2. The van der Waals surface area contributed by atoms with Crippen molar-refractivity contribution < 1.29 is 17.2 Å². The highest BCUT2D eigenvalue weighted by Gasteiger charge is 2.22. The van der Waals surface area contributed by atoms with Gasteiger partial charge in [-0.25, -0.2) is 17.2 Å². The average molecular weight is 543 g/mol. The van der Waals surface area contributed by atoms with Crippen molar-refractivity contribution in [3.8, 4) is 0 Å². The molecule has 2 aromatic heterocycles. The molecule has 1 saturated heterocycles. The second-order valence-electron chi connectivity index (χ2n) is 9.18. The number of para-hydroxylation sites is 2. The van der Waals surface area contributed by atoms with E-state index in [1.807, 2.05) is 11.9 Å². The number of aromatic nitrogens is 3. The van der Waals surface area contributed by atoms with Gasteiger partial charge in [-0.05, 0) is 37.4 Å². The number of likely N-dealkylation sites (N-methyl/N-ethyl adjacent to an activating group) is 1. The van der Waals surface area contributed by atoms with Crippen LogP contribution in [0.3, 0.4) is 0 Å². The lowest BCUT2D eigenvalue weighted by molar-refractivity contribution is 0.311. The second kappa shape index (κ2) is 10.1. The van der Waals surface area contributed by atoms with Gasteiger partial charge >= 0.3 is 0 Å². The first-order valence-corrected chi connectivity index (χ1v) is 13.8. The Kier molecular flexibility index (Phi) is 6.80. The summed E-state index contributed by atoms with van der Waals surface area (Å²) in [6, 6.07) is 11.7. The van der Waals surface area contributed by atoms with Gasteiger partial charge in [-0.3, -0.25) is 4.31 Å². The van der Waals surface area contributed by atoms with Crippen LogP contribution in [-0.4, -0.2) is 74.8 Å². The van der Waals surface area contributed by atoms with Crippen LogP contribution < -0.4 is 19.8 Å². The number of benzene rings is 2. The van der Waals surface area contributed by atoms with Gasteiger partial charge in [-0.15, -0.1) is 0 Å². The maximum Gasteiger partial charge on any atom is 0.232 e. The number of nitrogens with zero attached hydrogens (tertiary/aromatic N) is 5. The van der Waals surface area contributed by atoms with Crippen LogP contribution in [0.1, 0.15) is 0 Å². The van der Waals surface area contributed by atoms with Gasteiger partial charge in [0.1, 0.15) is 11.5 Å². The Labute approximate surface area is 219 Å². The summed E-state index contributed by atoms with van der Waals surface area (Å²) in [4.78, 5) is 15.8. The maximum atomic E-state index is 15.1. The Morgan fingerprint density at radius 2 is 1.68 bits per heavy atom. The molecule has 0 saturated carbocycles. The summed E-state index contributed by atoms with van der Waals surface area (Å²) in [5, 5.41) is 6.59. The first-order chi connectivity index (χ1) is 18.1. The number of rotatable bonds is 7. The lowest BCUT2D eigenvalue weighted by Gasteiger charge is -2.34. The van der Waals surface area contributed by atoms with Gasteiger partial charge in [-0.2, -0.15) is 9.97 Å². The van der Waals surface area contributed by atoms with Crippen molar-refractivity contribution in [1.82, 2.24) is 19.9 Å². The molecule has 5 rings (SSSR count). The Hall–Kier alpha value is -3.97. The molecule has 1 aliphatic rings. The van der Waals surface area contributed by atoms with E-state index < -0.39 is 21.7 Å². The van der Waals surface area contributed by atoms with Crippen molar-refractivity contribution in [3.05, 3.63) is 60.3 Å². The summed E-state index contributed by atoms with van der Waals surface area (Å²) < 4.78 is 55.6. The van der Waals surface area contributed by atoms with Crippen molar-refractivity contribution in [2.24, 2.45) is 0 Å². The highest BCUT2D eigenvalue weighted by Crippen LogP contribution is 2.33. The summed E-state index contributed by atoms with van der Waals surface area (Å²) in [6.45, 7) is 2.75. The standard InChI is InChI=1S/C25H28F2N8O2S/c1-33-12-14-35(15-13-33)20-9-8-18(21(26)22(20)27)30-25-31-23-16(10-11-28-23)24(32-25)29-17-6-4-5-7-19(17)34(2)38(3,36)37/h4-11H,12-15H2,1-3H3,(H3,28,29,30,31,32). The van der Waals surface area contributed by atoms with Crippen LogP contribution in [0.25, 0.3) is 11.0 Å². The van der Waals surface area contributed by atoms with E-state index in [1.54, 1.807) is 42.6 Å². The number of piperazine rings is 1. The van der Waals surface area contributed by atoms with Gasteiger partial charge in [0.05, 0.1) is 34.4 Å². The van der Waals surface area contributed by atoms with Crippen LogP contribution in [0.15, 0.2) is 48.7 Å². The van der Waals surface area contributed by atoms with Crippen LogP contribution in [0, 0.1) is 11.6 Å². The molecule has 0 radical (unpaired) electrons. The maximum absolute atomic E-state index is 15.1. The van der Waals surface area contributed by atoms with E-state index in [1.165, 1.54) is 13.1 Å². The molecule has 3 N–H and O–H groups in total. The SMILES string of the molecule is CN1CCN(c2ccc(Nc3nc(Nc4ccccc4N(C)S(C)(=O)=O)c4cc[nH]c4n3)c(F)c2F)CC1. The molecule has 3 heterocycles. The monoisotopic (exact) mass is 542 g/mol. The number of sulfonamides is 1. The van der Waals surface area contributed by atoms with Crippen molar-refractivity contribution in [2.45, 2.75) is 0 Å². The van der Waals surface area contributed by atoms with E-state index >= 15 is 8.78 Å². The van der Waals surface area contributed by atoms with Crippen LogP contribution in [-0.2, 0) is 10.0 Å². The number of H-pyrrole nitrogens is 1.